The molecule has 8 rings (SSSR count). The van der Waals surface area contributed by atoms with Crippen LogP contribution in [0.25, 0.3) is 0 Å². The van der Waals surface area contributed by atoms with Crippen molar-refractivity contribution in [3.8, 4) is 11.5 Å². The number of rotatable bonds is 8. The highest BCUT2D eigenvalue weighted by molar-refractivity contribution is 6.48. The standard InChI is InChI=1S/C9H20BNO2.C6H10BNO4.C6H4BO2.2C6H12BO2.C5H10BO2.C3H6BO2/c1-3-5-6-11-7-9-13-10(11)12-8-4-2;1-3-5(9)11-7-8(2)4-6(10)12-7;1-2-4-6-5(3-1)8-7-9-6;1-5-4-6(2,3)9-7-8-5;1-5(2)6(3,4)9-7-8-5;1-5(2)3-7-6-8-4-5;1-2-5-4-6-3-1/h3-9H2,1-2H3;3-4H2,1-2H3;1-4H;5H,4H2,1-3H3;1-4H3;3-4H2,1-2H3;1-3H2. The summed E-state index contributed by atoms with van der Waals surface area (Å²) in [6, 6.07) is 7.53. The maximum absolute atomic E-state index is 10.8. The molecule has 0 bridgehead atoms. The van der Waals surface area contributed by atoms with Gasteiger partial charge in [-0.05, 0) is 99.9 Å². The predicted octanol–water partition coefficient (Wildman–Crippen LogP) is 4.74. The van der Waals surface area contributed by atoms with Crippen LogP contribution in [0.3, 0.4) is 0 Å². The first-order valence-corrected chi connectivity index (χ1v) is 23.0. The third-order valence-electron chi connectivity index (χ3n) is 10.2. The van der Waals surface area contributed by atoms with Gasteiger partial charge in [0.25, 0.3) is 5.97 Å². The third-order valence-corrected chi connectivity index (χ3v) is 10.2. The van der Waals surface area contributed by atoms with E-state index in [2.05, 4.69) is 51.0 Å². The fraction of sp³-hybridized carbons (Fsp3) is 0.805. The molecule has 25 heteroatoms. The highest BCUT2D eigenvalue weighted by Crippen LogP contribution is 2.33. The van der Waals surface area contributed by atoms with E-state index < -0.39 is 7.25 Å². The predicted molar refractivity (Wildman–Crippen MR) is 255 cm³/mol. The van der Waals surface area contributed by atoms with Gasteiger partial charge in [-0.3, -0.25) is 19.2 Å². The van der Waals surface area contributed by atoms with Crippen molar-refractivity contribution >= 4 is 64.9 Å². The number of carbonyl (C=O) groups excluding carboxylic acids is 2. The molecule has 7 aliphatic heterocycles. The first-order valence-electron chi connectivity index (χ1n) is 23.0. The summed E-state index contributed by atoms with van der Waals surface area (Å²) < 4.78 is 70.4. The molecule has 7 heterocycles. The lowest BCUT2D eigenvalue weighted by Gasteiger charge is -2.33. The highest BCUT2D eigenvalue weighted by atomic mass is 16.7. The molecule has 66 heavy (non-hydrogen) atoms. The van der Waals surface area contributed by atoms with Crippen LogP contribution in [0.2, 0.25) is 0 Å². The van der Waals surface area contributed by atoms with Crippen molar-refractivity contribution in [3.63, 3.8) is 0 Å². The lowest BCUT2D eigenvalue weighted by atomic mass is 9.90. The van der Waals surface area contributed by atoms with Gasteiger partial charge in [0, 0.05) is 64.1 Å². The van der Waals surface area contributed by atoms with Crippen molar-refractivity contribution in [3.05, 3.63) is 24.3 Å². The van der Waals surface area contributed by atoms with E-state index in [1.807, 2.05) is 58.9 Å². The van der Waals surface area contributed by atoms with E-state index in [1.54, 1.807) is 14.0 Å². The van der Waals surface area contributed by atoms with Crippen LogP contribution in [0.5, 0.6) is 11.5 Å². The fourth-order valence-corrected chi connectivity index (χ4v) is 5.60. The summed E-state index contributed by atoms with van der Waals surface area (Å²) in [6.45, 7) is 31.5. The molecule has 0 spiro atoms. The molecule has 1 aromatic carbocycles. The molecule has 1 atom stereocenters. The zero-order valence-electron chi connectivity index (χ0n) is 42.0. The molecule has 0 saturated carbocycles. The third kappa shape index (κ3) is 24.8. The van der Waals surface area contributed by atoms with Crippen LogP contribution >= 0.6 is 0 Å². The molecule has 365 valence electrons. The van der Waals surface area contributed by atoms with E-state index in [4.69, 9.17) is 60.5 Å². The number of likely N-dealkylation sites (N-methyl/N-ethyl adjacent to an activating group) is 1. The minimum absolute atomic E-state index is 0.0301. The second-order valence-electron chi connectivity index (χ2n) is 18.3. The number of benzene rings is 1. The van der Waals surface area contributed by atoms with Crippen molar-refractivity contribution in [2.45, 2.75) is 145 Å². The number of fused-ring (bicyclic) bond motifs is 1. The summed E-state index contributed by atoms with van der Waals surface area (Å²) in [5, 5.41) is 0. The maximum atomic E-state index is 10.8. The van der Waals surface area contributed by atoms with Crippen molar-refractivity contribution in [2.24, 2.45) is 5.41 Å². The number of nitrogens with zero attached hydrogens (tertiary/aromatic N) is 2. The van der Waals surface area contributed by atoms with E-state index >= 15 is 0 Å². The molecule has 0 N–H and O–H groups in total. The second-order valence-corrected chi connectivity index (χ2v) is 18.3. The molecule has 5 radical (unpaired) electrons. The van der Waals surface area contributed by atoms with Crippen LogP contribution in [0.1, 0.15) is 122 Å². The minimum Gasteiger partial charge on any atom is -0.524 e. The van der Waals surface area contributed by atoms with E-state index in [0.717, 1.165) is 83.5 Å². The van der Waals surface area contributed by atoms with E-state index in [1.165, 1.54) is 56.1 Å². The average Bonchev–Trinajstić information content (AvgIpc) is 4.07. The molecule has 6 saturated heterocycles. The average molecular weight is 927 g/mol. The van der Waals surface area contributed by atoms with Crippen LogP contribution < -0.4 is 9.31 Å². The first-order chi connectivity index (χ1) is 31.2. The molecule has 1 unspecified atom stereocenters. The zero-order chi connectivity index (χ0) is 49.1. The van der Waals surface area contributed by atoms with Gasteiger partial charge in [-0.25, -0.2) is 0 Å². The molecule has 1 aromatic rings. The summed E-state index contributed by atoms with van der Waals surface area (Å²) in [7, 11) is 7.74. The van der Waals surface area contributed by atoms with E-state index in [9.17, 15) is 9.59 Å². The molecule has 0 aliphatic carbocycles. The summed E-state index contributed by atoms with van der Waals surface area (Å²) in [5.41, 5.74) is -0.202. The van der Waals surface area contributed by atoms with Crippen LogP contribution in [0, 0.1) is 5.41 Å². The summed E-state index contributed by atoms with van der Waals surface area (Å²) in [4.78, 5) is 25.3. The fourth-order valence-electron chi connectivity index (χ4n) is 5.60. The lowest BCUT2D eigenvalue weighted by Crippen LogP contribution is -2.41. The van der Waals surface area contributed by atoms with Crippen molar-refractivity contribution in [2.75, 3.05) is 66.3 Å². The molecule has 0 amide bonds. The molecule has 18 nitrogen and oxygen atoms in total. The van der Waals surface area contributed by atoms with Crippen molar-refractivity contribution in [1.82, 2.24) is 9.62 Å². The first kappa shape index (κ1) is 59.9. The Morgan fingerprint density at radius 2 is 1.39 bits per heavy atom. The van der Waals surface area contributed by atoms with Gasteiger partial charge in [0.05, 0.1) is 23.3 Å². The van der Waals surface area contributed by atoms with Gasteiger partial charge in [0.15, 0.2) is 0 Å². The Hall–Kier alpha value is -2.27. The largest absolute Gasteiger partial charge is 0.705 e. The van der Waals surface area contributed by atoms with Gasteiger partial charge in [-0.1, -0.05) is 53.2 Å². The van der Waals surface area contributed by atoms with E-state index in [-0.39, 0.29) is 54.4 Å². The number of hydrogen-bond donors (Lipinski definition) is 0. The van der Waals surface area contributed by atoms with Crippen molar-refractivity contribution in [1.29, 1.82) is 0 Å². The summed E-state index contributed by atoms with van der Waals surface area (Å²) in [6.07, 6.45) is 6.09. The molecule has 6 fully saturated rings. The smallest absolute Gasteiger partial charge is 0.524 e. The topological polar surface area (TPSA) is 170 Å². The minimum atomic E-state index is -0.829. The Bertz CT molecular complexity index is 1420. The van der Waals surface area contributed by atoms with Gasteiger partial charge < -0.3 is 65.2 Å². The van der Waals surface area contributed by atoms with E-state index in [0.29, 0.717) is 6.10 Å². The number of carbonyl (C=O) groups is 2. The summed E-state index contributed by atoms with van der Waals surface area (Å²) >= 11 is 0. The Kier molecular flexibility index (Phi) is 28.8. The molecular weight excluding hydrogens is 852 g/mol. The normalized spacial score (nSPS) is 22.6. The van der Waals surface area contributed by atoms with Gasteiger partial charge in [0.2, 0.25) is 0 Å². The second kappa shape index (κ2) is 31.8. The number of hydrogen-bond acceptors (Lipinski definition) is 18. The Morgan fingerprint density at radius 3 is 1.79 bits per heavy atom. The highest BCUT2D eigenvalue weighted by Gasteiger charge is 2.44. The van der Waals surface area contributed by atoms with Crippen LogP contribution in [0.15, 0.2) is 24.3 Å². The molecular formula is C41H74B7N2O16. The number of para-hydroxylation sites is 2. The van der Waals surface area contributed by atoms with Gasteiger partial charge >= 0.3 is 58.9 Å². The quantitative estimate of drug-likeness (QED) is 0.328. The Morgan fingerprint density at radius 1 is 0.788 bits per heavy atom. The monoisotopic (exact) mass is 928 g/mol. The lowest BCUT2D eigenvalue weighted by molar-refractivity contribution is -0.137. The summed E-state index contributed by atoms with van der Waals surface area (Å²) in [5.74, 6) is 0.836. The maximum Gasteiger partial charge on any atom is 0.705 e. The van der Waals surface area contributed by atoms with Crippen LogP contribution in [0.4, 0.5) is 0 Å². The van der Waals surface area contributed by atoms with Crippen LogP contribution in [-0.2, 0) is 65.4 Å². The van der Waals surface area contributed by atoms with Gasteiger partial charge in [-0.15, -0.1) is 0 Å². The molecule has 7 aliphatic rings. The van der Waals surface area contributed by atoms with Crippen molar-refractivity contribution < 1.29 is 74.8 Å². The van der Waals surface area contributed by atoms with Crippen LogP contribution in [-0.4, -0.2) is 164 Å². The Labute approximate surface area is 400 Å². The molecule has 0 aromatic heterocycles. The van der Waals surface area contributed by atoms with Gasteiger partial charge in [0.1, 0.15) is 11.5 Å². The number of unbranched alkanes of at least 4 members (excludes halogenated alkanes) is 1. The Balaban J connectivity index is 0.000000267. The SMILES string of the molecule is CC1(C)CO[B]OC1.CC1(C)O[B]OC1(C)C.CC1CC(C)(C)O[B]O1.CCC(=O)OB1OC(=O)CN1C.CCCCN1CCOB1OCCC.[B]1OCCCO1.[B]1Oc2ccccc2O1. The zero-order valence-corrected chi connectivity index (χ0v) is 42.0. The van der Waals surface area contributed by atoms with Gasteiger partial charge in [-0.2, -0.15) is 0 Å².